The molecular weight excluding hydrogens is 967 g/mol. The van der Waals surface area contributed by atoms with Crippen LogP contribution in [-0.2, 0) is 30.0 Å². The van der Waals surface area contributed by atoms with E-state index in [-0.39, 0.29) is 20.4 Å². The molecule has 21 heteroatoms. The first-order valence-electron chi connectivity index (χ1n) is 21.4. The fourth-order valence-corrected chi connectivity index (χ4v) is 14.7. The first kappa shape index (κ1) is 76.1. The van der Waals surface area contributed by atoms with Crippen LogP contribution in [0.3, 0.4) is 0 Å². The van der Waals surface area contributed by atoms with Gasteiger partial charge in [-0.25, -0.2) is 0 Å². The largest absolute Gasteiger partial charge is 2.00 e. The summed E-state index contributed by atoms with van der Waals surface area (Å²) in [7, 11) is -4.31. The number of carboxylic acid groups (broad SMARTS) is 2. The van der Waals surface area contributed by atoms with Crippen LogP contribution < -0.4 is 10.2 Å². The molecular formula is C40H90O16P4Pd. The van der Waals surface area contributed by atoms with Gasteiger partial charge in [-0.05, 0) is 123 Å². The maximum absolute atomic E-state index is 9.63. The Kier molecular flexibility index (Phi) is 60.8. The van der Waals surface area contributed by atoms with Crippen molar-refractivity contribution in [3.05, 3.63) is 0 Å². The van der Waals surface area contributed by atoms with Crippen molar-refractivity contribution in [2.75, 3.05) is 0 Å². The van der Waals surface area contributed by atoms with Crippen LogP contribution in [0.1, 0.15) is 174 Å². The average Bonchev–Trinajstić information content (AvgIpc) is 3.22. The summed E-state index contributed by atoms with van der Waals surface area (Å²) < 4.78 is 0. The van der Waals surface area contributed by atoms with Crippen LogP contribution in [0.2, 0.25) is 0 Å². The number of hydrogen-bond acceptors (Lipinski definition) is 16. The maximum Gasteiger partial charge on any atom is 2.00 e. The van der Waals surface area contributed by atoms with Crippen LogP contribution in [-0.4, -0.2) is 143 Å². The van der Waals surface area contributed by atoms with Gasteiger partial charge in [0.15, 0.2) is 0 Å². The standard InChI is InChI=1S/4C9H21O3P.2C2H4O2.Pd/c4*1-4-7(10)13(8(11)5-2)9(12)6-3;2*1-2(3)4;/h4*7-12H,4-6H2,1-3H3;2*1H3,(H,3,4);/q;;;;;;+2/p-2. The summed E-state index contributed by atoms with van der Waals surface area (Å²) in [5, 5.41) is 133. The molecule has 376 valence electrons. The number of carboxylic acids is 2. The second-order valence-electron chi connectivity index (χ2n) is 13.4. The summed E-state index contributed by atoms with van der Waals surface area (Å²) in [4.78, 5) is 17.8. The fourth-order valence-electron chi connectivity index (χ4n) is 4.91. The van der Waals surface area contributed by atoms with Crippen LogP contribution in [0.15, 0.2) is 0 Å². The van der Waals surface area contributed by atoms with Crippen LogP contribution in [0, 0.1) is 0 Å². The monoisotopic (exact) mass is 1060 g/mol. The number of carbonyl (C=O) groups excluding carboxylic acids is 2. The Morgan fingerprint density at radius 1 is 0.295 bits per heavy atom. The predicted molar refractivity (Wildman–Crippen MR) is 245 cm³/mol. The minimum absolute atomic E-state index is 0. The number of aliphatic hydroxyl groups is 12. The second kappa shape index (κ2) is 48.8. The number of aliphatic carboxylic acids is 2. The van der Waals surface area contributed by atoms with Gasteiger partial charge in [-0.3, -0.25) is 0 Å². The van der Waals surface area contributed by atoms with E-state index >= 15 is 0 Å². The molecule has 12 N–H and O–H groups in total. The summed E-state index contributed by atoms with van der Waals surface area (Å²) in [6, 6.07) is 0. The molecule has 0 aliphatic carbocycles. The molecule has 0 heterocycles. The molecule has 0 aromatic carbocycles. The van der Waals surface area contributed by atoms with E-state index in [1.807, 2.05) is 83.1 Å². The SMILES string of the molecule is CC(=O)[O-].CC(=O)[O-].CCC(O)P(C(O)CC)C(O)CC.CCC(O)P(C(O)CC)C(O)CC.CCC(O)P(C(O)CC)C(O)CC.CCC(O)P(C(O)CC)C(O)CC.[Pd+2]. The van der Waals surface area contributed by atoms with Gasteiger partial charge in [0.1, 0.15) is 0 Å². The van der Waals surface area contributed by atoms with Gasteiger partial charge < -0.3 is 81.1 Å². The smallest absolute Gasteiger partial charge is 0.550 e. The minimum Gasteiger partial charge on any atom is -0.550 e. The fraction of sp³-hybridized carbons (Fsp3) is 0.950. The van der Waals surface area contributed by atoms with E-state index in [1.165, 1.54) is 0 Å². The molecule has 0 bridgehead atoms. The Morgan fingerprint density at radius 3 is 0.377 bits per heavy atom. The van der Waals surface area contributed by atoms with Crippen LogP contribution in [0.5, 0.6) is 0 Å². The molecule has 0 amide bonds. The van der Waals surface area contributed by atoms with Crippen molar-refractivity contribution in [3.63, 3.8) is 0 Å². The van der Waals surface area contributed by atoms with Gasteiger partial charge in [0.2, 0.25) is 0 Å². The predicted octanol–water partition coefficient (Wildman–Crippen LogP) is 4.12. The molecule has 0 spiro atoms. The van der Waals surface area contributed by atoms with E-state index in [2.05, 4.69) is 0 Å². The first-order valence-corrected chi connectivity index (χ1v) is 27.6. The van der Waals surface area contributed by atoms with Crippen LogP contribution >= 0.6 is 31.7 Å². The molecule has 61 heavy (non-hydrogen) atoms. The maximum atomic E-state index is 9.63. The summed E-state index contributed by atoms with van der Waals surface area (Å²) in [5.74, 6) is -8.67. The van der Waals surface area contributed by atoms with Crippen molar-refractivity contribution in [2.45, 2.75) is 244 Å². The molecule has 0 aromatic heterocycles. The third kappa shape index (κ3) is 39.7. The molecule has 0 radical (unpaired) electrons. The number of hydrogen-bond donors (Lipinski definition) is 12. The second-order valence-corrected chi connectivity index (χ2v) is 24.2. The molecule has 16 nitrogen and oxygen atoms in total. The van der Waals surface area contributed by atoms with E-state index in [0.29, 0.717) is 77.0 Å². The Bertz CT molecular complexity index is 722. The molecule has 0 fully saturated rings. The van der Waals surface area contributed by atoms with Gasteiger partial charge >= 0.3 is 20.4 Å². The molecule has 0 saturated carbocycles. The zero-order valence-electron chi connectivity index (χ0n) is 39.5. The van der Waals surface area contributed by atoms with Crippen molar-refractivity contribution in [1.29, 1.82) is 0 Å². The van der Waals surface area contributed by atoms with Crippen molar-refractivity contribution in [3.8, 4) is 0 Å². The zero-order valence-corrected chi connectivity index (χ0v) is 44.7. The van der Waals surface area contributed by atoms with Crippen molar-refractivity contribution >= 4 is 43.6 Å². The molecule has 0 aliphatic rings. The van der Waals surface area contributed by atoms with E-state index in [4.69, 9.17) is 19.8 Å². The van der Waals surface area contributed by atoms with Gasteiger partial charge in [-0.15, -0.1) is 0 Å². The van der Waals surface area contributed by atoms with Gasteiger partial charge in [0.05, 0.1) is 70.1 Å². The normalized spacial score (nSPS) is 18.5. The van der Waals surface area contributed by atoms with Gasteiger partial charge in [-0.1, -0.05) is 83.1 Å². The van der Waals surface area contributed by atoms with Crippen molar-refractivity contribution in [1.82, 2.24) is 0 Å². The minimum atomic E-state index is -1.08. The Balaban J connectivity index is -0.000000119. The quantitative estimate of drug-likeness (QED) is 0.0478. The molecule has 0 aliphatic heterocycles. The van der Waals surface area contributed by atoms with Crippen LogP contribution in [0.25, 0.3) is 0 Å². The molecule has 12 unspecified atom stereocenters. The molecule has 0 aromatic rings. The molecule has 0 rings (SSSR count). The van der Waals surface area contributed by atoms with E-state index in [9.17, 15) is 61.3 Å². The Hall–Kier alpha value is 0.842. The van der Waals surface area contributed by atoms with Gasteiger partial charge in [-0.2, -0.15) is 0 Å². The van der Waals surface area contributed by atoms with Crippen LogP contribution in [0.4, 0.5) is 0 Å². The Morgan fingerprint density at radius 2 is 0.344 bits per heavy atom. The molecule has 12 atom stereocenters. The number of carbonyl (C=O) groups is 2. The van der Waals surface area contributed by atoms with E-state index in [0.717, 1.165) is 13.8 Å². The van der Waals surface area contributed by atoms with E-state index in [1.54, 1.807) is 0 Å². The summed E-state index contributed by atoms with van der Waals surface area (Å²) >= 11 is 0. The third-order valence-corrected chi connectivity index (χ3v) is 21.2. The summed E-state index contributed by atoms with van der Waals surface area (Å²) in [6.45, 7) is 24.3. The third-order valence-electron chi connectivity index (χ3n) is 8.51. The average molecular weight is 1060 g/mol. The van der Waals surface area contributed by atoms with E-state index < -0.39 is 114 Å². The zero-order chi connectivity index (χ0) is 48.9. The number of aliphatic hydroxyl groups excluding tert-OH is 12. The van der Waals surface area contributed by atoms with Gasteiger partial charge in [0.25, 0.3) is 0 Å². The Labute approximate surface area is 387 Å². The molecule has 0 saturated heterocycles. The number of rotatable bonds is 24. The van der Waals surface area contributed by atoms with Crippen molar-refractivity contribution in [2.24, 2.45) is 0 Å². The first-order chi connectivity index (χ1) is 27.8. The topological polar surface area (TPSA) is 323 Å². The summed E-state index contributed by atoms with van der Waals surface area (Å²) in [6.07, 6.45) is 7.16. The van der Waals surface area contributed by atoms with Crippen molar-refractivity contribution < 1.29 is 102 Å². The summed E-state index contributed by atoms with van der Waals surface area (Å²) in [5.41, 5.74) is 0. The van der Waals surface area contributed by atoms with Gasteiger partial charge in [0, 0.05) is 11.9 Å².